The van der Waals surface area contributed by atoms with E-state index in [1.165, 1.54) is 11.4 Å². The Morgan fingerprint density at radius 1 is 1.05 bits per heavy atom. The second kappa shape index (κ2) is 6.20. The maximum absolute atomic E-state index is 12.2. The number of hydrogen-bond donors (Lipinski definition) is 1. The number of nitrogens with one attached hydrogen (secondary N) is 1. The van der Waals surface area contributed by atoms with Crippen molar-refractivity contribution < 1.29 is 4.79 Å². The van der Waals surface area contributed by atoms with Crippen LogP contribution in [0, 0.1) is 13.8 Å². The van der Waals surface area contributed by atoms with Gasteiger partial charge in [0.15, 0.2) is 0 Å². The van der Waals surface area contributed by atoms with Gasteiger partial charge in [0.2, 0.25) is 0 Å². The molecule has 0 bridgehead atoms. The summed E-state index contributed by atoms with van der Waals surface area (Å²) >= 11 is 1.65. The number of thiophene rings is 1. The molecule has 0 aliphatic carbocycles. The van der Waals surface area contributed by atoms with E-state index in [0.29, 0.717) is 12.1 Å². The van der Waals surface area contributed by atoms with Crippen molar-refractivity contribution in [2.75, 3.05) is 0 Å². The van der Waals surface area contributed by atoms with E-state index in [0.717, 1.165) is 10.6 Å². The molecule has 0 saturated heterocycles. The van der Waals surface area contributed by atoms with E-state index in [4.69, 9.17) is 0 Å². The van der Waals surface area contributed by atoms with Crippen LogP contribution in [0.15, 0.2) is 53.9 Å². The molecule has 3 nitrogen and oxygen atoms in total. The summed E-state index contributed by atoms with van der Waals surface area (Å²) in [7, 11) is 0. The van der Waals surface area contributed by atoms with Crippen molar-refractivity contribution in [1.29, 1.82) is 0 Å². The number of rotatable bonds is 4. The standard InChI is InChI=1S/C18H18N2OS/c1-13-5-6-14(2)20(13)16-9-7-15(8-10-16)18(21)19-12-17-4-3-11-22-17/h3-11H,12H2,1-2H3,(H,19,21). The van der Waals surface area contributed by atoms with Crippen LogP contribution in [0.3, 0.4) is 0 Å². The fraction of sp³-hybridized carbons (Fsp3) is 0.167. The van der Waals surface area contributed by atoms with Crippen LogP contribution < -0.4 is 5.32 Å². The van der Waals surface area contributed by atoms with Gasteiger partial charge in [-0.1, -0.05) is 6.07 Å². The number of carbonyl (C=O) groups is 1. The number of nitrogens with zero attached hydrogens (tertiary/aromatic N) is 1. The molecule has 3 aromatic rings. The van der Waals surface area contributed by atoms with Gasteiger partial charge in [-0.15, -0.1) is 11.3 Å². The maximum Gasteiger partial charge on any atom is 0.251 e. The molecule has 1 N–H and O–H groups in total. The molecular formula is C18H18N2OS. The molecule has 0 saturated carbocycles. The quantitative estimate of drug-likeness (QED) is 0.774. The first-order chi connectivity index (χ1) is 10.6. The van der Waals surface area contributed by atoms with Crippen LogP contribution in [0.25, 0.3) is 5.69 Å². The Kier molecular flexibility index (Phi) is 4.11. The summed E-state index contributed by atoms with van der Waals surface area (Å²) in [5.41, 5.74) is 4.14. The molecule has 0 unspecified atom stereocenters. The third-order valence-corrected chi connectivity index (χ3v) is 4.54. The van der Waals surface area contributed by atoms with Crippen LogP contribution in [0.2, 0.25) is 0 Å². The number of carbonyl (C=O) groups excluding carboxylic acids is 1. The molecule has 0 spiro atoms. The maximum atomic E-state index is 12.2. The molecule has 1 aromatic carbocycles. The molecule has 0 aliphatic heterocycles. The van der Waals surface area contributed by atoms with E-state index in [1.54, 1.807) is 11.3 Å². The number of aryl methyl sites for hydroxylation is 2. The van der Waals surface area contributed by atoms with Gasteiger partial charge in [0.1, 0.15) is 0 Å². The molecular weight excluding hydrogens is 292 g/mol. The van der Waals surface area contributed by atoms with Gasteiger partial charge in [-0.05, 0) is 61.7 Å². The van der Waals surface area contributed by atoms with Crippen LogP contribution in [0.1, 0.15) is 26.6 Å². The first-order valence-corrected chi connectivity index (χ1v) is 8.09. The fourth-order valence-corrected chi connectivity index (χ4v) is 3.16. The van der Waals surface area contributed by atoms with Crippen LogP contribution in [0.4, 0.5) is 0 Å². The lowest BCUT2D eigenvalue weighted by atomic mass is 10.2. The van der Waals surface area contributed by atoms with Crippen molar-refractivity contribution in [3.8, 4) is 5.69 Å². The third-order valence-electron chi connectivity index (χ3n) is 3.66. The fourth-order valence-electron chi connectivity index (χ4n) is 2.52. The van der Waals surface area contributed by atoms with Gasteiger partial charge in [-0.2, -0.15) is 0 Å². The lowest BCUT2D eigenvalue weighted by Gasteiger charge is -2.10. The summed E-state index contributed by atoms with van der Waals surface area (Å²) in [6.45, 7) is 4.73. The van der Waals surface area contributed by atoms with Gasteiger partial charge in [0, 0.05) is 27.5 Å². The second-order valence-corrected chi connectivity index (χ2v) is 6.29. The predicted molar refractivity (Wildman–Crippen MR) is 90.7 cm³/mol. The van der Waals surface area contributed by atoms with Crippen molar-refractivity contribution in [1.82, 2.24) is 9.88 Å². The molecule has 2 heterocycles. The monoisotopic (exact) mass is 310 g/mol. The van der Waals surface area contributed by atoms with Crippen LogP contribution in [-0.2, 0) is 6.54 Å². The highest BCUT2D eigenvalue weighted by Gasteiger charge is 2.08. The molecule has 2 aromatic heterocycles. The molecule has 4 heteroatoms. The zero-order valence-electron chi connectivity index (χ0n) is 12.7. The summed E-state index contributed by atoms with van der Waals surface area (Å²) < 4.78 is 2.17. The first-order valence-electron chi connectivity index (χ1n) is 7.21. The average molecular weight is 310 g/mol. The van der Waals surface area contributed by atoms with E-state index in [2.05, 4.69) is 35.9 Å². The van der Waals surface area contributed by atoms with Gasteiger partial charge in [-0.25, -0.2) is 0 Å². The van der Waals surface area contributed by atoms with Crippen molar-refractivity contribution in [2.45, 2.75) is 20.4 Å². The molecule has 0 radical (unpaired) electrons. The van der Waals surface area contributed by atoms with Gasteiger partial charge in [-0.3, -0.25) is 4.79 Å². The van der Waals surface area contributed by atoms with Crippen LogP contribution in [0.5, 0.6) is 0 Å². The Labute approximate surface area is 134 Å². The topological polar surface area (TPSA) is 34.0 Å². The Morgan fingerprint density at radius 2 is 1.73 bits per heavy atom. The minimum absolute atomic E-state index is 0.0408. The average Bonchev–Trinajstić information content (AvgIpc) is 3.15. The summed E-state index contributed by atoms with van der Waals surface area (Å²) in [5.74, 6) is -0.0408. The summed E-state index contributed by atoms with van der Waals surface area (Å²) in [5, 5.41) is 4.95. The van der Waals surface area contributed by atoms with Crippen LogP contribution >= 0.6 is 11.3 Å². The number of hydrogen-bond acceptors (Lipinski definition) is 2. The Hall–Kier alpha value is -2.33. The van der Waals surface area contributed by atoms with E-state index in [9.17, 15) is 4.79 Å². The SMILES string of the molecule is Cc1ccc(C)n1-c1ccc(C(=O)NCc2cccs2)cc1. The second-order valence-electron chi connectivity index (χ2n) is 5.26. The molecule has 0 fully saturated rings. The summed E-state index contributed by atoms with van der Waals surface area (Å²) in [6.07, 6.45) is 0. The highest BCUT2D eigenvalue weighted by molar-refractivity contribution is 7.09. The Bertz CT molecular complexity index is 751. The van der Waals surface area contributed by atoms with Crippen molar-refractivity contribution >= 4 is 17.2 Å². The van der Waals surface area contributed by atoms with E-state index < -0.39 is 0 Å². The summed E-state index contributed by atoms with van der Waals surface area (Å²) in [4.78, 5) is 13.3. The van der Waals surface area contributed by atoms with Gasteiger partial charge >= 0.3 is 0 Å². The molecule has 0 aliphatic rings. The molecule has 1 amide bonds. The Balaban J connectivity index is 1.72. The lowest BCUT2D eigenvalue weighted by molar-refractivity contribution is 0.0951. The van der Waals surface area contributed by atoms with Crippen LogP contribution in [-0.4, -0.2) is 10.5 Å². The first kappa shape index (κ1) is 14.6. The molecule has 0 atom stereocenters. The number of amides is 1. The lowest BCUT2D eigenvalue weighted by Crippen LogP contribution is -2.22. The zero-order valence-corrected chi connectivity index (χ0v) is 13.5. The van der Waals surface area contributed by atoms with Gasteiger partial charge < -0.3 is 9.88 Å². The minimum atomic E-state index is -0.0408. The number of benzene rings is 1. The molecule has 112 valence electrons. The minimum Gasteiger partial charge on any atom is -0.347 e. The smallest absolute Gasteiger partial charge is 0.251 e. The van der Waals surface area contributed by atoms with E-state index >= 15 is 0 Å². The number of aromatic nitrogens is 1. The van der Waals surface area contributed by atoms with E-state index in [1.807, 2.05) is 41.8 Å². The van der Waals surface area contributed by atoms with Gasteiger partial charge in [0.05, 0.1) is 6.54 Å². The third kappa shape index (κ3) is 2.97. The van der Waals surface area contributed by atoms with Crippen molar-refractivity contribution in [3.05, 3.63) is 75.7 Å². The highest BCUT2D eigenvalue weighted by Crippen LogP contribution is 2.17. The zero-order chi connectivity index (χ0) is 15.5. The van der Waals surface area contributed by atoms with Gasteiger partial charge in [0.25, 0.3) is 5.91 Å². The highest BCUT2D eigenvalue weighted by atomic mass is 32.1. The summed E-state index contributed by atoms with van der Waals surface area (Å²) in [6, 6.07) is 15.9. The molecule has 3 rings (SSSR count). The predicted octanol–water partition coefficient (Wildman–Crippen LogP) is 4.09. The normalized spacial score (nSPS) is 10.6. The van der Waals surface area contributed by atoms with Crippen molar-refractivity contribution in [3.63, 3.8) is 0 Å². The molecule has 22 heavy (non-hydrogen) atoms. The largest absolute Gasteiger partial charge is 0.347 e. The van der Waals surface area contributed by atoms with E-state index in [-0.39, 0.29) is 5.91 Å². The Morgan fingerprint density at radius 3 is 2.32 bits per heavy atom. The van der Waals surface area contributed by atoms with Crippen molar-refractivity contribution in [2.24, 2.45) is 0 Å².